The van der Waals surface area contributed by atoms with Crippen molar-refractivity contribution in [3.8, 4) is 22.3 Å². The van der Waals surface area contributed by atoms with Crippen LogP contribution in [0.1, 0.15) is 16.7 Å². The van der Waals surface area contributed by atoms with Gasteiger partial charge in [-0.25, -0.2) is 0 Å². The van der Waals surface area contributed by atoms with Gasteiger partial charge in [0.2, 0.25) is 0 Å². The largest absolute Gasteiger partial charge is 0.0985 e. The molecule has 0 nitrogen and oxygen atoms in total. The van der Waals surface area contributed by atoms with Crippen LogP contribution in [0.5, 0.6) is 0 Å². The molecule has 0 heteroatoms. The van der Waals surface area contributed by atoms with E-state index < -0.39 is 0 Å². The maximum absolute atomic E-state index is 3.92. The van der Waals surface area contributed by atoms with Crippen LogP contribution in [0.25, 0.3) is 39.1 Å². The van der Waals surface area contributed by atoms with E-state index in [1.165, 1.54) is 49.7 Å². The minimum Gasteiger partial charge on any atom is -0.0985 e. The second-order valence-electron chi connectivity index (χ2n) is 6.89. The van der Waals surface area contributed by atoms with Crippen molar-refractivity contribution in [1.82, 2.24) is 0 Å². The molecule has 4 rings (SSSR count). The summed E-state index contributed by atoms with van der Waals surface area (Å²) in [6, 6.07) is 28.5. The van der Waals surface area contributed by atoms with Crippen molar-refractivity contribution >= 4 is 16.8 Å². The molecule has 0 saturated carbocycles. The normalized spacial score (nSPS) is 10.8. The van der Waals surface area contributed by atoms with Gasteiger partial charge in [-0.2, -0.15) is 0 Å². The highest BCUT2D eigenvalue weighted by atomic mass is 14.1. The minimum atomic E-state index is 1.19. The van der Waals surface area contributed by atoms with Gasteiger partial charge in [-0.15, -0.1) is 0 Å². The molecule has 0 aliphatic rings. The van der Waals surface area contributed by atoms with Crippen molar-refractivity contribution in [3.05, 3.63) is 102 Å². The highest BCUT2D eigenvalue weighted by molar-refractivity contribution is 5.97. The topological polar surface area (TPSA) is 0 Å². The maximum atomic E-state index is 3.92. The Balaban J connectivity index is 1.79. The lowest BCUT2D eigenvalue weighted by molar-refractivity contribution is 1.44. The average molecular weight is 334 g/mol. The third kappa shape index (κ3) is 2.95. The van der Waals surface area contributed by atoms with Crippen molar-refractivity contribution in [3.63, 3.8) is 0 Å². The van der Waals surface area contributed by atoms with E-state index in [2.05, 4.69) is 99.3 Å². The molecule has 0 saturated heterocycles. The Morgan fingerprint density at radius 1 is 0.692 bits per heavy atom. The Kier molecular flexibility index (Phi) is 4.18. The molecule has 0 atom stereocenters. The van der Waals surface area contributed by atoms with E-state index >= 15 is 0 Å². The summed E-state index contributed by atoms with van der Waals surface area (Å²) in [5, 5.41) is 2.59. The molecule has 0 fully saturated rings. The summed E-state index contributed by atoms with van der Waals surface area (Å²) in [4.78, 5) is 0. The zero-order chi connectivity index (χ0) is 18.1. The third-order valence-electron chi connectivity index (χ3n) is 5.03. The van der Waals surface area contributed by atoms with Crippen LogP contribution in [0.4, 0.5) is 0 Å². The number of benzene rings is 4. The Bertz CT molecular complexity index is 1100. The zero-order valence-corrected chi connectivity index (χ0v) is 15.3. The van der Waals surface area contributed by atoms with Gasteiger partial charge in [-0.1, -0.05) is 85.5 Å². The SMILES string of the molecule is C=Cc1cc(-c2ccc(-c3cc(C)cc4ccccc34)cc2)ccc1C. The predicted molar refractivity (Wildman–Crippen MR) is 114 cm³/mol. The Hall–Kier alpha value is -3.12. The molecule has 0 aromatic heterocycles. The molecule has 0 bridgehead atoms. The van der Waals surface area contributed by atoms with Crippen LogP contribution in [-0.2, 0) is 0 Å². The molecule has 126 valence electrons. The van der Waals surface area contributed by atoms with Crippen molar-refractivity contribution in [2.24, 2.45) is 0 Å². The summed E-state index contributed by atoms with van der Waals surface area (Å²) < 4.78 is 0. The smallest absolute Gasteiger partial charge is 0.0103 e. The summed E-state index contributed by atoms with van der Waals surface area (Å²) >= 11 is 0. The molecule has 0 spiro atoms. The summed E-state index contributed by atoms with van der Waals surface area (Å²) in [5.74, 6) is 0. The molecule has 26 heavy (non-hydrogen) atoms. The molecule has 0 amide bonds. The predicted octanol–water partition coefficient (Wildman–Crippen LogP) is 7.43. The van der Waals surface area contributed by atoms with Crippen LogP contribution < -0.4 is 0 Å². The van der Waals surface area contributed by atoms with Gasteiger partial charge >= 0.3 is 0 Å². The van der Waals surface area contributed by atoms with E-state index in [1.807, 2.05) is 6.08 Å². The summed E-state index contributed by atoms with van der Waals surface area (Å²) in [7, 11) is 0. The van der Waals surface area contributed by atoms with Gasteiger partial charge in [0.25, 0.3) is 0 Å². The minimum absolute atomic E-state index is 1.19. The van der Waals surface area contributed by atoms with E-state index in [-0.39, 0.29) is 0 Å². The molecule has 0 heterocycles. The van der Waals surface area contributed by atoms with Gasteiger partial charge < -0.3 is 0 Å². The number of rotatable bonds is 3. The van der Waals surface area contributed by atoms with Crippen molar-refractivity contribution in [2.45, 2.75) is 13.8 Å². The Labute approximate surface area is 155 Å². The molecule has 4 aromatic rings. The van der Waals surface area contributed by atoms with Crippen LogP contribution in [-0.4, -0.2) is 0 Å². The second kappa shape index (κ2) is 6.65. The standard InChI is InChI=1S/C26H22/c1-4-20-17-23(10-9-19(20)3)21-11-13-22(14-12-21)26-16-18(2)15-24-7-5-6-8-25(24)26/h4-17H,1H2,2-3H3. The molecule has 0 aliphatic carbocycles. The van der Waals surface area contributed by atoms with Crippen molar-refractivity contribution < 1.29 is 0 Å². The second-order valence-corrected chi connectivity index (χ2v) is 6.89. The zero-order valence-electron chi connectivity index (χ0n) is 15.3. The molecule has 4 aromatic carbocycles. The van der Waals surface area contributed by atoms with Crippen LogP contribution in [0.2, 0.25) is 0 Å². The first-order valence-electron chi connectivity index (χ1n) is 8.99. The van der Waals surface area contributed by atoms with Gasteiger partial charge in [0.1, 0.15) is 0 Å². The summed E-state index contributed by atoms with van der Waals surface area (Å²) in [5.41, 5.74) is 8.74. The first kappa shape index (κ1) is 16.4. The van der Waals surface area contributed by atoms with E-state index in [4.69, 9.17) is 0 Å². The number of fused-ring (bicyclic) bond motifs is 1. The fraction of sp³-hybridized carbons (Fsp3) is 0.0769. The van der Waals surface area contributed by atoms with Crippen LogP contribution in [0.3, 0.4) is 0 Å². The van der Waals surface area contributed by atoms with E-state index in [0.29, 0.717) is 0 Å². The fourth-order valence-corrected chi connectivity index (χ4v) is 3.58. The molecule has 0 N–H and O–H groups in total. The summed E-state index contributed by atoms with van der Waals surface area (Å²) in [6.07, 6.45) is 1.92. The van der Waals surface area contributed by atoms with Crippen molar-refractivity contribution in [2.75, 3.05) is 0 Å². The van der Waals surface area contributed by atoms with E-state index in [0.717, 1.165) is 0 Å². The molecule has 0 unspecified atom stereocenters. The lowest BCUT2D eigenvalue weighted by Crippen LogP contribution is -1.86. The van der Waals surface area contributed by atoms with Crippen LogP contribution in [0, 0.1) is 13.8 Å². The summed E-state index contributed by atoms with van der Waals surface area (Å²) in [6.45, 7) is 8.20. The van der Waals surface area contributed by atoms with Gasteiger partial charge in [0.05, 0.1) is 0 Å². The highest BCUT2D eigenvalue weighted by Crippen LogP contribution is 2.32. The fourth-order valence-electron chi connectivity index (χ4n) is 3.58. The van der Waals surface area contributed by atoms with E-state index in [1.54, 1.807) is 0 Å². The first-order chi connectivity index (χ1) is 12.7. The number of hydrogen-bond acceptors (Lipinski definition) is 0. The van der Waals surface area contributed by atoms with Gasteiger partial charge in [0.15, 0.2) is 0 Å². The molecular weight excluding hydrogens is 312 g/mol. The number of aryl methyl sites for hydroxylation is 2. The Morgan fingerprint density at radius 2 is 1.38 bits per heavy atom. The first-order valence-corrected chi connectivity index (χ1v) is 8.99. The highest BCUT2D eigenvalue weighted by Gasteiger charge is 2.06. The maximum Gasteiger partial charge on any atom is -0.0103 e. The quantitative estimate of drug-likeness (QED) is 0.365. The third-order valence-corrected chi connectivity index (χ3v) is 5.03. The number of hydrogen-bond donors (Lipinski definition) is 0. The van der Waals surface area contributed by atoms with Gasteiger partial charge in [-0.05, 0) is 69.6 Å². The molecule has 0 radical (unpaired) electrons. The van der Waals surface area contributed by atoms with Gasteiger partial charge in [0, 0.05) is 0 Å². The van der Waals surface area contributed by atoms with E-state index in [9.17, 15) is 0 Å². The van der Waals surface area contributed by atoms with Crippen LogP contribution >= 0.6 is 0 Å². The molecule has 0 aliphatic heterocycles. The van der Waals surface area contributed by atoms with Gasteiger partial charge in [-0.3, -0.25) is 0 Å². The average Bonchev–Trinajstić information content (AvgIpc) is 2.68. The molecular formula is C26H22. The lowest BCUT2D eigenvalue weighted by atomic mass is 9.94. The lowest BCUT2D eigenvalue weighted by Gasteiger charge is -2.11. The Morgan fingerprint density at radius 3 is 2.15 bits per heavy atom. The van der Waals surface area contributed by atoms with Crippen LogP contribution in [0.15, 0.2) is 85.4 Å². The van der Waals surface area contributed by atoms with Crippen molar-refractivity contribution in [1.29, 1.82) is 0 Å². The monoisotopic (exact) mass is 334 g/mol.